The molecule has 2 aromatic carbocycles. The number of aromatic nitrogens is 2. The van der Waals surface area contributed by atoms with Crippen LogP contribution in [0.4, 0.5) is 5.69 Å². The van der Waals surface area contributed by atoms with Crippen molar-refractivity contribution >= 4 is 28.6 Å². The molecule has 7 heteroatoms. The van der Waals surface area contributed by atoms with E-state index in [1.807, 2.05) is 60.0 Å². The Balaban J connectivity index is 1.70. The lowest BCUT2D eigenvalue weighted by Crippen LogP contribution is -2.25. The van der Waals surface area contributed by atoms with Gasteiger partial charge in [-0.15, -0.1) is 0 Å². The molecule has 7 nitrogen and oxygen atoms in total. The molecule has 0 radical (unpaired) electrons. The van der Waals surface area contributed by atoms with Crippen LogP contribution in [-0.2, 0) is 6.54 Å². The minimum Gasteiger partial charge on any atom is -0.497 e. The highest BCUT2D eigenvalue weighted by Crippen LogP contribution is 2.23. The molecule has 0 saturated heterocycles. The third-order valence-corrected chi connectivity index (χ3v) is 5.28. The number of anilines is 1. The van der Waals surface area contributed by atoms with Crippen molar-refractivity contribution in [2.24, 2.45) is 0 Å². The third kappa shape index (κ3) is 3.44. The number of hydrogen-bond donors (Lipinski definition) is 3. The molecule has 0 amide bonds. The van der Waals surface area contributed by atoms with Gasteiger partial charge in [0, 0.05) is 30.1 Å². The molecule has 0 spiro atoms. The Kier molecular flexibility index (Phi) is 5.29. The number of aliphatic hydroxyl groups excluding tert-OH is 1. The van der Waals surface area contributed by atoms with E-state index in [0.717, 1.165) is 28.0 Å². The van der Waals surface area contributed by atoms with E-state index in [-0.39, 0.29) is 12.1 Å². The minimum absolute atomic E-state index is 0.145. The van der Waals surface area contributed by atoms with Crippen LogP contribution in [0.3, 0.4) is 0 Å². The number of nitrogens with zero attached hydrogens (tertiary/aromatic N) is 2. The Morgan fingerprint density at radius 2 is 1.87 bits per heavy atom. The maximum atomic E-state index is 12.7. The predicted octanol–water partition coefficient (Wildman–Crippen LogP) is 3.04. The van der Waals surface area contributed by atoms with Gasteiger partial charge in [-0.2, -0.15) is 0 Å². The fourth-order valence-corrected chi connectivity index (χ4v) is 3.81. The van der Waals surface area contributed by atoms with Crippen LogP contribution in [0.2, 0.25) is 0 Å². The van der Waals surface area contributed by atoms with Crippen LogP contribution < -0.4 is 15.6 Å². The van der Waals surface area contributed by atoms with Gasteiger partial charge in [0.25, 0.3) is 5.56 Å². The quantitative estimate of drug-likeness (QED) is 0.413. The summed E-state index contributed by atoms with van der Waals surface area (Å²) in [4.78, 5) is 12.7. The minimum atomic E-state index is -0.707. The Morgan fingerprint density at radius 3 is 2.53 bits per heavy atom. The fourth-order valence-electron chi connectivity index (χ4n) is 3.81. The van der Waals surface area contributed by atoms with Crippen molar-refractivity contribution in [1.29, 1.82) is 5.41 Å². The summed E-state index contributed by atoms with van der Waals surface area (Å²) >= 11 is 0. The maximum Gasteiger partial charge on any atom is 0.257 e. The number of nitrogens with one attached hydrogen (secondary N) is 2. The highest BCUT2D eigenvalue weighted by atomic mass is 16.5. The van der Waals surface area contributed by atoms with Crippen molar-refractivity contribution in [2.45, 2.75) is 19.6 Å². The lowest BCUT2D eigenvalue weighted by molar-refractivity contribution is 0.169. The van der Waals surface area contributed by atoms with Gasteiger partial charge in [-0.1, -0.05) is 12.1 Å². The molecular weight excluding hydrogens is 380 g/mol. The highest BCUT2D eigenvalue weighted by Gasteiger charge is 2.18. The van der Waals surface area contributed by atoms with E-state index in [1.165, 1.54) is 6.21 Å². The van der Waals surface area contributed by atoms with Crippen molar-refractivity contribution < 1.29 is 9.84 Å². The fraction of sp³-hybridized carbons (Fsp3) is 0.217. The number of aliphatic hydroxyl groups is 1. The molecule has 30 heavy (non-hydrogen) atoms. The zero-order valence-corrected chi connectivity index (χ0v) is 16.9. The molecule has 2 heterocycles. The van der Waals surface area contributed by atoms with E-state index in [2.05, 4.69) is 5.32 Å². The Bertz CT molecular complexity index is 1270. The van der Waals surface area contributed by atoms with Gasteiger partial charge in [-0.25, -0.2) is 0 Å². The molecular formula is C23H24N4O3. The average Bonchev–Trinajstić information content (AvgIpc) is 3.07. The standard InChI is InChI=1S/C23H24N4O3/c1-15-11-22(29)27-21-6-4-3-5-20(21)26(23(27)19(15)12-24)14-17(28)13-25-16-7-9-18(30-2)10-8-16/h3-12,17,24-25,28H,13-14H2,1-2H3. The number of methoxy groups -OCH3 is 1. The monoisotopic (exact) mass is 404 g/mol. The summed E-state index contributed by atoms with van der Waals surface area (Å²) < 4.78 is 8.70. The molecule has 154 valence electrons. The van der Waals surface area contributed by atoms with Crippen molar-refractivity contribution in [2.75, 3.05) is 19.0 Å². The summed E-state index contributed by atoms with van der Waals surface area (Å²) in [5.41, 5.74) is 4.37. The predicted molar refractivity (Wildman–Crippen MR) is 119 cm³/mol. The molecule has 1 atom stereocenters. The van der Waals surface area contributed by atoms with Crippen LogP contribution in [-0.4, -0.2) is 40.0 Å². The molecule has 0 fully saturated rings. The number of para-hydroxylation sites is 2. The van der Waals surface area contributed by atoms with Crippen molar-refractivity contribution in [3.63, 3.8) is 0 Å². The molecule has 0 aliphatic carbocycles. The van der Waals surface area contributed by atoms with Gasteiger partial charge in [0.15, 0.2) is 0 Å². The maximum absolute atomic E-state index is 12.7. The molecule has 3 N–H and O–H groups in total. The van der Waals surface area contributed by atoms with Crippen LogP contribution in [0.1, 0.15) is 11.1 Å². The zero-order chi connectivity index (χ0) is 21.3. The van der Waals surface area contributed by atoms with Gasteiger partial charge in [0.05, 0.1) is 30.8 Å². The summed E-state index contributed by atoms with van der Waals surface area (Å²) in [5.74, 6) is 0.770. The molecule has 4 aromatic rings. The average molecular weight is 404 g/mol. The molecule has 0 aliphatic rings. The molecule has 4 rings (SSSR count). The third-order valence-electron chi connectivity index (χ3n) is 5.28. The van der Waals surface area contributed by atoms with Crippen LogP contribution >= 0.6 is 0 Å². The second-order valence-electron chi connectivity index (χ2n) is 7.25. The summed E-state index contributed by atoms with van der Waals surface area (Å²) in [6.07, 6.45) is 0.558. The van der Waals surface area contributed by atoms with E-state index < -0.39 is 6.10 Å². The molecule has 0 aliphatic heterocycles. The van der Waals surface area contributed by atoms with Gasteiger partial charge in [-0.3, -0.25) is 9.20 Å². The van der Waals surface area contributed by atoms with Crippen molar-refractivity contribution in [3.05, 3.63) is 76.1 Å². The van der Waals surface area contributed by atoms with Crippen molar-refractivity contribution in [3.8, 4) is 5.75 Å². The largest absolute Gasteiger partial charge is 0.497 e. The van der Waals surface area contributed by atoms with Crippen molar-refractivity contribution in [1.82, 2.24) is 8.97 Å². The Hall–Kier alpha value is -3.58. The SMILES string of the molecule is COc1ccc(NCC(O)Cn2c3ccccc3n3c(=O)cc(C)c(C=N)c23)cc1. The van der Waals surface area contributed by atoms with Gasteiger partial charge in [0.2, 0.25) is 0 Å². The van der Waals surface area contributed by atoms with Crippen LogP contribution in [0.25, 0.3) is 16.7 Å². The molecule has 0 bridgehead atoms. The van der Waals surface area contributed by atoms with E-state index in [9.17, 15) is 9.90 Å². The first-order valence-corrected chi connectivity index (χ1v) is 9.73. The van der Waals surface area contributed by atoms with E-state index in [4.69, 9.17) is 10.1 Å². The summed E-state index contributed by atoms with van der Waals surface area (Å²) in [5, 5.41) is 21.9. The smallest absolute Gasteiger partial charge is 0.257 e. The van der Waals surface area contributed by atoms with Gasteiger partial charge < -0.3 is 25.1 Å². The molecule has 1 unspecified atom stereocenters. The molecule has 2 aromatic heterocycles. The number of ether oxygens (including phenoxy) is 1. The first kappa shape index (κ1) is 19.7. The van der Waals surface area contributed by atoms with Crippen LogP contribution in [0.15, 0.2) is 59.4 Å². The lowest BCUT2D eigenvalue weighted by atomic mass is 10.1. The second kappa shape index (κ2) is 8.04. The zero-order valence-electron chi connectivity index (χ0n) is 16.9. The number of rotatable bonds is 7. The first-order chi connectivity index (χ1) is 14.5. The second-order valence-corrected chi connectivity index (χ2v) is 7.25. The summed E-state index contributed by atoms with van der Waals surface area (Å²) in [6, 6.07) is 16.6. The highest BCUT2D eigenvalue weighted by molar-refractivity contribution is 5.93. The van der Waals surface area contributed by atoms with Gasteiger partial charge >= 0.3 is 0 Å². The van der Waals surface area contributed by atoms with E-state index >= 15 is 0 Å². The van der Waals surface area contributed by atoms with Gasteiger partial charge in [0.1, 0.15) is 11.4 Å². The number of hydrogen-bond acceptors (Lipinski definition) is 5. The summed E-state index contributed by atoms with van der Waals surface area (Å²) in [6.45, 7) is 2.44. The Morgan fingerprint density at radius 1 is 1.17 bits per heavy atom. The number of pyridine rings is 1. The van der Waals surface area contributed by atoms with E-state index in [1.54, 1.807) is 17.6 Å². The van der Waals surface area contributed by atoms with Crippen LogP contribution in [0.5, 0.6) is 5.75 Å². The Labute approximate surface area is 173 Å². The van der Waals surface area contributed by atoms with Gasteiger partial charge in [-0.05, 0) is 48.9 Å². The number of imidazole rings is 1. The van der Waals surface area contributed by atoms with Crippen LogP contribution in [0, 0.1) is 12.3 Å². The number of fused-ring (bicyclic) bond motifs is 3. The summed E-state index contributed by atoms with van der Waals surface area (Å²) in [7, 11) is 1.62. The van der Waals surface area contributed by atoms with E-state index in [0.29, 0.717) is 17.8 Å². The molecule has 0 saturated carbocycles. The first-order valence-electron chi connectivity index (χ1n) is 9.73. The lowest BCUT2D eigenvalue weighted by Gasteiger charge is -2.16. The normalized spacial score (nSPS) is 12.2. The number of benzene rings is 2. The number of aryl methyl sites for hydroxylation is 1. The topological polar surface area (TPSA) is 91.8 Å².